The van der Waals surface area contributed by atoms with E-state index in [1.165, 1.54) is 6.08 Å². The Labute approximate surface area is 121 Å². The standard InChI is InChI=1S/C16H14BrNO/c1-12-7-9-14(11-15(12)17)18-16(19)10-8-13-5-3-2-4-6-13/h2-11H,1H3,(H,18,19)/b10-8+. The zero-order chi connectivity index (χ0) is 13.7. The first kappa shape index (κ1) is 13.6. The highest BCUT2D eigenvalue weighted by atomic mass is 79.9. The number of anilines is 1. The van der Waals surface area contributed by atoms with Gasteiger partial charge in [-0.1, -0.05) is 52.3 Å². The van der Waals surface area contributed by atoms with Gasteiger partial charge in [-0.25, -0.2) is 0 Å². The van der Waals surface area contributed by atoms with Gasteiger partial charge in [-0.3, -0.25) is 4.79 Å². The van der Waals surface area contributed by atoms with Crippen LogP contribution >= 0.6 is 15.9 Å². The monoisotopic (exact) mass is 315 g/mol. The molecule has 0 radical (unpaired) electrons. The average molecular weight is 316 g/mol. The van der Waals surface area contributed by atoms with E-state index in [2.05, 4.69) is 21.2 Å². The van der Waals surface area contributed by atoms with Crippen LogP contribution in [0.5, 0.6) is 0 Å². The molecule has 0 saturated heterocycles. The van der Waals surface area contributed by atoms with E-state index in [1.807, 2.05) is 55.5 Å². The predicted octanol–water partition coefficient (Wildman–Crippen LogP) is 4.41. The van der Waals surface area contributed by atoms with Gasteiger partial charge in [0.1, 0.15) is 0 Å². The minimum atomic E-state index is -0.139. The predicted molar refractivity (Wildman–Crippen MR) is 83.0 cm³/mol. The van der Waals surface area contributed by atoms with Crippen LogP contribution in [0.2, 0.25) is 0 Å². The van der Waals surface area contributed by atoms with Crippen molar-refractivity contribution in [1.29, 1.82) is 0 Å². The molecule has 0 saturated carbocycles. The highest BCUT2D eigenvalue weighted by Gasteiger charge is 2.00. The minimum Gasteiger partial charge on any atom is -0.322 e. The second-order valence-corrected chi connectivity index (χ2v) is 5.05. The van der Waals surface area contributed by atoms with Crippen molar-refractivity contribution in [2.45, 2.75) is 6.92 Å². The summed E-state index contributed by atoms with van der Waals surface area (Å²) in [4.78, 5) is 11.8. The maximum Gasteiger partial charge on any atom is 0.248 e. The van der Waals surface area contributed by atoms with Gasteiger partial charge in [0.05, 0.1) is 0 Å². The zero-order valence-electron chi connectivity index (χ0n) is 10.6. The number of benzene rings is 2. The quantitative estimate of drug-likeness (QED) is 0.835. The molecule has 0 atom stereocenters. The van der Waals surface area contributed by atoms with Gasteiger partial charge in [-0.05, 0) is 36.3 Å². The van der Waals surface area contributed by atoms with Crippen LogP contribution in [-0.4, -0.2) is 5.91 Å². The Morgan fingerprint density at radius 2 is 1.89 bits per heavy atom. The molecule has 0 bridgehead atoms. The molecule has 0 heterocycles. The van der Waals surface area contributed by atoms with Crippen LogP contribution in [0.15, 0.2) is 59.1 Å². The van der Waals surface area contributed by atoms with Crippen molar-refractivity contribution in [3.05, 3.63) is 70.2 Å². The molecule has 0 aliphatic rings. The van der Waals surface area contributed by atoms with Crippen molar-refractivity contribution in [3.63, 3.8) is 0 Å². The summed E-state index contributed by atoms with van der Waals surface area (Å²) in [6.45, 7) is 2.00. The van der Waals surface area contributed by atoms with Gasteiger partial charge < -0.3 is 5.32 Å². The van der Waals surface area contributed by atoms with E-state index in [9.17, 15) is 4.79 Å². The Morgan fingerprint density at radius 1 is 1.16 bits per heavy atom. The third-order valence-corrected chi connectivity index (χ3v) is 3.52. The molecule has 3 heteroatoms. The van der Waals surface area contributed by atoms with Crippen LogP contribution < -0.4 is 5.32 Å². The molecule has 0 unspecified atom stereocenters. The lowest BCUT2D eigenvalue weighted by atomic mass is 10.2. The summed E-state index contributed by atoms with van der Waals surface area (Å²) in [6.07, 6.45) is 3.32. The van der Waals surface area contributed by atoms with E-state index in [0.717, 1.165) is 21.3 Å². The SMILES string of the molecule is Cc1ccc(NC(=O)/C=C/c2ccccc2)cc1Br. The van der Waals surface area contributed by atoms with Crippen molar-refractivity contribution in [3.8, 4) is 0 Å². The molecule has 2 nitrogen and oxygen atoms in total. The molecule has 0 spiro atoms. The molecule has 2 aromatic carbocycles. The molecular weight excluding hydrogens is 302 g/mol. The molecule has 0 fully saturated rings. The van der Waals surface area contributed by atoms with E-state index in [-0.39, 0.29) is 5.91 Å². The van der Waals surface area contributed by atoms with Crippen LogP contribution in [0.1, 0.15) is 11.1 Å². The fourth-order valence-electron chi connectivity index (χ4n) is 1.59. The molecule has 19 heavy (non-hydrogen) atoms. The topological polar surface area (TPSA) is 29.1 Å². The van der Waals surface area contributed by atoms with Crippen LogP contribution in [0.4, 0.5) is 5.69 Å². The lowest BCUT2D eigenvalue weighted by Crippen LogP contribution is -2.07. The Kier molecular flexibility index (Phi) is 4.53. The number of hydrogen-bond donors (Lipinski definition) is 1. The maximum absolute atomic E-state index is 11.8. The second-order valence-electron chi connectivity index (χ2n) is 4.20. The number of rotatable bonds is 3. The molecule has 2 aromatic rings. The summed E-state index contributed by atoms with van der Waals surface area (Å²) < 4.78 is 0.984. The minimum absolute atomic E-state index is 0.139. The molecule has 1 N–H and O–H groups in total. The third-order valence-electron chi connectivity index (χ3n) is 2.67. The Hall–Kier alpha value is -1.87. The van der Waals surface area contributed by atoms with Gasteiger partial charge in [0.25, 0.3) is 0 Å². The summed E-state index contributed by atoms with van der Waals surface area (Å²) in [5.41, 5.74) is 2.92. The third kappa shape index (κ3) is 4.07. The number of amides is 1. The average Bonchev–Trinajstić information content (AvgIpc) is 2.42. The van der Waals surface area contributed by atoms with Crippen LogP contribution in [-0.2, 0) is 4.79 Å². The second kappa shape index (κ2) is 6.34. The fraction of sp³-hybridized carbons (Fsp3) is 0.0625. The number of nitrogens with one attached hydrogen (secondary N) is 1. The molecule has 2 rings (SSSR count). The molecule has 0 aromatic heterocycles. The first-order valence-electron chi connectivity index (χ1n) is 5.95. The first-order valence-corrected chi connectivity index (χ1v) is 6.75. The number of carbonyl (C=O) groups is 1. The van der Waals surface area contributed by atoms with Gasteiger partial charge in [0.15, 0.2) is 0 Å². The lowest BCUT2D eigenvalue weighted by molar-refractivity contribution is -0.111. The molecule has 0 aliphatic carbocycles. The maximum atomic E-state index is 11.8. The van der Waals surface area contributed by atoms with Crippen molar-refractivity contribution >= 4 is 33.6 Å². The number of hydrogen-bond acceptors (Lipinski definition) is 1. The van der Waals surface area contributed by atoms with Crippen LogP contribution in [0.25, 0.3) is 6.08 Å². The zero-order valence-corrected chi connectivity index (χ0v) is 12.1. The van der Waals surface area contributed by atoms with Gasteiger partial charge in [0.2, 0.25) is 5.91 Å². The van der Waals surface area contributed by atoms with E-state index >= 15 is 0 Å². The van der Waals surface area contributed by atoms with E-state index in [1.54, 1.807) is 6.08 Å². The molecule has 0 aliphatic heterocycles. The van der Waals surface area contributed by atoms with Crippen LogP contribution in [0.3, 0.4) is 0 Å². The Bertz CT molecular complexity index is 605. The van der Waals surface area contributed by atoms with Gasteiger partial charge in [-0.15, -0.1) is 0 Å². The highest BCUT2D eigenvalue weighted by Crippen LogP contribution is 2.20. The van der Waals surface area contributed by atoms with Crippen molar-refractivity contribution in [2.24, 2.45) is 0 Å². The summed E-state index contributed by atoms with van der Waals surface area (Å²) in [6, 6.07) is 15.5. The summed E-state index contributed by atoms with van der Waals surface area (Å²) in [7, 11) is 0. The Morgan fingerprint density at radius 3 is 2.58 bits per heavy atom. The summed E-state index contributed by atoms with van der Waals surface area (Å²) in [5.74, 6) is -0.139. The van der Waals surface area contributed by atoms with E-state index in [0.29, 0.717) is 0 Å². The number of halogens is 1. The number of aryl methyl sites for hydroxylation is 1. The molecular formula is C16H14BrNO. The van der Waals surface area contributed by atoms with Crippen LogP contribution in [0, 0.1) is 6.92 Å². The van der Waals surface area contributed by atoms with Crippen molar-refractivity contribution in [2.75, 3.05) is 5.32 Å². The number of carbonyl (C=O) groups excluding carboxylic acids is 1. The first-order chi connectivity index (χ1) is 9.15. The van der Waals surface area contributed by atoms with E-state index in [4.69, 9.17) is 0 Å². The summed E-state index contributed by atoms with van der Waals surface area (Å²) >= 11 is 3.44. The van der Waals surface area contributed by atoms with Gasteiger partial charge in [0, 0.05) is 16.2 Å². The lowest BCUT2D eigenvalue weighted by Gasteiger charge is -2.04. The van der Waals surface area contributed by atoms with E-state index < -0.39 is 0 Å². The largest absolute Gasteiger partial charge is 0.322 e. The summed E-state index contributed by atoms with van der Waals surface area (Å²) in [5, 5.41) is 2.82. The normalized spacial score (nSPS) is 10.6. The smallest absolute Gasteiger partial charge is 0.248 e. The Balaban J connectivity index is 2.01. The molecule has 1 amide bonds. The fourth-order valence-corrected chi connectivity index (χ4v) is 1.97. The highest BCUT2D eigenvalue weighted by molar-refractivity contribution is 9.10. The molecule has 96 valence electrons. The van der Waals surface area contributed by atoms with Gasteiger partial charge >= 0.3 is 0 Å². The van der Waals surface area contributed by atoms with Gasteiger partial charge in [-0.2, -0.15) is 0 Å². The van der Waals surface area contributed by atoms with Crippen molar-refractivity contribution in [1.82, 2.24) is 0 Å². The van der Waals surface area contributed by atoms with Crippen molar-refractivity contribution < 1.29 is 4.79 Å².